The SMILES string of the molecule is COc1ccc(-c2cc3c(c(=O)o2)C=C2CCCC(OC=O)[C@@]2(C)O3)cc1OC. The van der Waals surface area contributed by atoms with E-state index in [0.717, 1.165) is 18.4 Å². The predicted octanol–water partition coefficient (Wildman–Crippen LogP) is 3.58. The zero-order valence-corrected chi connectivity index (χ0v) is 16.5. The topological polar surface area (TPSA) is 84.2 Å². The van der Waals surface area contributed by atoms with E-state index in [9.17, 15) is 9.59 Å². The van der Waals surface area contributed by atoms with Crippen LogP contribution in [0.2, 0.25) is 0 Å². The lowest BCUT2D eigenvalue weighted by atomic mass is 9.77. The molecule has 4 rings (SSSR count). The monoisotopic (exact) mass is 398 g/mol. The highest BCUT2D eigenvalue weighted by Crippen LogP contribution is 2.44. The molecular formula is C22H22O7. The fraction of sp³-hybridized carbons (Fsp3) is 0.364. The van der Waals surface area contributed by atoms with Crippen molar-refractivity contribution in [2.75, 3.05) is 14.2 Å². The minimum absolute atomic E-state index is 0.346. The standard InChI is InChI=1S/C22H22O7/c1-22-14(5-4-6-20(22)27-12-23)10-15-18(29-22)11-17(28-21(15)24)13-7-8-16(25-2)19(9-13)26-3/h7-12,20H,4-6H2,1-3H3/t20?,22-/m0/s1. The van der Waals surface area contributed by atoms with Gasteiger partial charge in [-0.25, -0.2) is 4.79 Å². The van der Waals surface area contributed by atoms with Crippen LogP contribution >= 0.6 is 0 Å². The van der Waals surface area contributed by atoms with Crippen LogP contribution in [0, 0.1) is 0 Å². The molecule has 7 heteroatoms. The van der Waals surface area contributed by atoms with Crippen LogP contribution in [0.5, 0.6) is 17.2 Å². The Bertz CT molecular complexity index is 1040. The average Bonchev–Trinajstić information content (AvgIpc) is 2.72. The molecule has 152 valence electrons. The van der Waals surface area contributed by atoms with Gasteiger partial charge < -0.3 is 23.4 Å². The summed E-state index contributed by atoms with van der Waals surface area (Å²) in [5, 5.41) is 0. The summed E-state index contributed by atoms with van der Waals surface area (Å²) in [6, 6.07) is 6.93. The Morgan fingerprint density at radius 2 is 1.97 bits per heavy atom. The second-order valence-corrected chi connectivity index (χ2v) is 7.24. The van der Waals surface area contributed by atoms with Gasteiger partial charge in [-0.15, -0.1) is 0 Å². The molecule has 29 heavy (non-hydrogen) atoms. The van der Waals surface area contributed by atoms with Gasteiger partial charge in [-0.05, 0) is 56.0 Å². The van der Waals surface area contributed by atoms with Crippen molar-refractivity contribution >= 4 is 12.5 Å². The number of fused-ring (bicyclic) bond motifs is 2. The van der Waals surface area contributed by atoms with Gasteiger partial charge in [0.25, 0.3) is 6.47 Å². The number of benzene rings is 1. The normalized spacial score (nSPS) is 22.4. The predicted molar refractivity (Wildman–Crippen MR) is 105 cm³/mol. The lowest BCUT2D eigenvalue weighted by Gasteiger charge is -2.44. The third-order valence-corrected chi connectivity index (χ3v) is 5.64. The van der Waals surface area contributed by atoms with Crippen molar-refractivity contribution in [2.45, 2.75) is 37.9 Å². The molecule has 2 atom stereocenters. The minimum atomic E-state index is -0.811. The number of hydrogen-bond acceptors (Lipinski definition) is 7. The van der Waals surface area contributed by atoms with E-state index in [1.165, 1.54) is 7.11 Å². The van der Waals surface area contributed by atoms with Crippen LogP contribution in [-0.4, -0.2) is 32.4 Å². The summed E-state index contributed by atoms with van der Waals surface area (Å²) >= 11 is 0. The summed E-state index contributed by atoms with van der Waals surface area (Å²) in [6.45, 7) is 2.34. The van der Waals surface area contributed by atoms with E-state index in [-0.39, 0.29) is 0 Å². The van der Waals surface area contributed by atoms with E-state index in [1.807, 2.05) is 13.0 Å². The Morgan fingerprint density at radius 3 is 2.69 bits per heavy atom. The van der Waals surface area contributed by atoms with Crippen LogP contribution < -0.4 is 19.8 Å². The van der Waals surface area contributed by atoms with Crippen LogP contribution in [0.25, 0.3) is 17.4 Å². The van der Waals surface area contributed by atoms with E-state index in [1.54, 1.807) is 31.4 Å². The number of methoxy groups -OCH3 is 2. The Morgan fingerprint density at radius 1 is 1.17 bits per heavy atom. The third-order valence-electron chi connectivity index (χ3n) is 5.64. The van der Waals surface area contributed by atoms with E-state index >= 15 is 0 Å². The summed E-state index contributed by atoms with van der Waals surface area (Å²) in [5.74, 6) is 1.84. The number of ether oxygens (including phenoxy) is 4. The Hall–Kier alpha value is -3.22. The van der Waals surface area contributed by atoms with Gasteiger partial charge in [0.1, 0.15) is 23.2 Å². The van der Waals surface area contributed by atoms with Gasteiger partial charge in [0, 0.05) is 11.6 Å². The highest BCUT2D eigenvalue weighted by molar-refractivity contribution is 5.69. The molecule has 0 N–H and O–H groups in total. The van der Waals surface area contributed by atoms with Crippen molar-refractivity contribution in [3.63, 3.8) is 0 Å². The second kappa shape index (κ2) is 7.31. The van der Waals surface area contributed by atoms with Crippen molar-refractivity contribution in [3.05, 3.63) is 45.8 Å². The molecule has 0 saturated heterocycles. The van der Waals surface area contributed by atoms with Gasteiger partial charge >= 0.3 is 5.63 Å². The fourth-order valence-electron chi connectivity index (χ4n) is 4.05. The lowest BCUT2D eigenvalue weighted by Crippen LogP contribution is -2.51. The Balaban J connectivity index is 1.79. The van der Waals surface area contributed by atoms with Gasteiger partial charge in [-0.1, -0.05) is 0 Å². The zero-order chi connectivity index (χ0) is 20.6. The van der Waals surface area contributed by atoms with Crippen LogP contribution in [0.4, 0.5) is 0 Å². The first kappa shape index (κ1) is 19.1. The molecule has 1 aromatic carbocycles. The molecule has 2 heterocycles. The van der Waals surface area contributed by atoms with Crippen LogP contribution in [0.3, 0.4) is 0 Å². The van der Waals surface area contributed by atoms with Gasteiger partial charge in [-0.2, -0.15) is 0 Å². The molecule has 1 aromatic heterocycles. The van der Waals surface area contributed by atoms with Crippen molar-refractivity contribution in [3.8, 4) is 28.6 Å². The lowest BCUT2D eigenvalue weighted by molar-refractivity contribution is -0.145. The number of rotatable bonds is 5. The van der Waals surface area contributed by atoms with Gasteiger partial charge in [0.05, 0.1) is 14.2 Å². The zero-order valence-electron chi connectivity index (χ0n) is 16.5. The molecule has 2 aromatic rings. The average molecular weight is 398 g/mol. The molecule has 7 nitrogen and oxygen atoms in total. The van der Waals surface area contributed by atoms with Crippen LogP contribution in [0.1, 0.15) is 31.7 Å². The maximum atomic E-state index is 12.7. The van der Waals surface area contributed by atoms with Crippen molar-refractivity contribution < 1.29 is 28.2 Å². The van der Waals surface area contributed by atoms with E-state index in [4.69, 9.17) is 23.4 Å². The molecule has 0 radical (unpaired) electrons. The molecule has 1 saturated carbocycles. The van der Waals surface area contributed by atoms with E-state index < -0.39 is 17.3 Å². The molecule has 0 bridgehead atoms. The largest absolute Gasteiger partial charge is 0.493 e. The van der Waals surface area contributed by atoms with E-state index in [0.29, 0.717) is 47.0 Å². The number of carbonyl (C=O) groups excluding carboxylic acids is 1. The van der Waals surface area contributed by atoms with Crippen molar-refractivity contribution in [1.29, 1.82) is 0 Å². The molecule has 2 aliphatic rings. The molecule has 1 unspecified atom stereocenters. The minimum Gasteiger partial charge on any atom is -0.493 e. The van der Waals surface area contributed by atoms with Crippen LogP contribution in [-0.2, 0) is 9.53 Å². The molecule has 1 fully saturated rings. The maximum Gasteiger partial charge on any atom is 0.347 e. The van der Waals surface area contributed by atoms with Gasteiger partial charge in [0.2, 0.25) is 0 Å². The Kier molecular flexibility index (Phi) is 4.82. The second-order valence-electron chi connectivity index (χ2n) is 7.24. The summed E-state index contributed by atoms with van der Waals surface area (Å²) in [6.07, 6.45) is 3.72. The third kappa shape index (κ3) is 3.16. The van der Waals surface area contributed by atoms with Crippen molar-refractivity contribution in [2.24, 2.45) is 0 Å². The van der Waals surface area contributed by atoms with Crippen LogP contribution in [0.15, 0.2) is 39.1 Å². The maximum absolute atomic E-state index is 12.7. The Labute approximate surface area is 167 Å². The number of hydrogen-bond donors (Lipinski definition) is 0. The first-order chi connectivity index (χ1) is 14.0. The first-order valence-electron chi connectivity index (χ1n) is 9.40. The molecular weight excluding hydrogens is 376 g/mol. The van der Waals surface area contributed by atoms with E-state index in [2.05, 4.69) is 0 Å². The summed E-state index contributed by atoms with van der Waals surface area (Å²) in [4.78, 5) is 23.6. The summed E-state index contributed by atoms with van der Waals surface area (Å²) in [5.41, 5.74) is 0.646. The highest BCUT2D eigenvalue weighted by Gasteiger charge is 2.47. The quantitative estimate of drug-likeness (QED) is 0.712. The highest BCUT2D eigenvalue weighted by atomic mass is 16.6. The summed E-state index contributed by atoms with van der Waals surface area (Å²) < 4.78 is 27.7. The van der Waals surface area contributed by atoms with Gasteiger partial charge in [-0.3, -0.25) is 4.79 Å². The molecule has 1 aliphatic heterocycles. The first-order valence-corrected chi connectivity index (χ1v) is 9.40. The van der Waals surface area contributed by atoms with Crippen molar-refractivity contribution in [1.82, 2.24) is 0 Å². The summed E-state index contributed by atoms with van der Waals surface area (Å²) in [7, 11) is 3.09. The molecule has 1 aliphatic carbocycles. The molecule has 0 amide bonds. The number of carbonyl (C=O) groups is 1. The molecule has 0 spiro atoms. The van der Waals surface area contributed by atoms with Gasteiger partial charge in [0.15, 0.2) is 17.1 Å². The fourth-order valence-corrected chi connectivity index (χ4v) is 4.05. The smallest absolute Gasteiger partial charge is 0.347 e.